The van der Waals surface area contributed by atoms with Crippen LogP contribution in [0, 0.1) is 6.92 Å². The summed E-state index contributed by atoms with van der Waals surface area (Å²) in [6, 6.07) is 17.6. The first kappa shape index (κ1) is 20.8. The highest BCUT2D eigenvalue weighted by atomic mass is 32.2. The lowest BCUT2D eigenvalue weighted by molar-refractivity contribution is 0.417. The zero-order valence-corrected chi connectivity index (χ0v) is 18.8. The van der Waals surface area contributed by atoms with E-state index in [0.29, 0.717) is 11.4 Å². The average molecular weight is 460 g/mol. The molecule has 3 heterocycles. The Morgan fingerprint density at radius 1 is 1.00 bits per heavy atom. The molecule has 8 nitrogen and oxygen atoms in total. The highest BCUT2D eigenvalue weighted by Gasteiger charge is 2.18. The Morgan fingerprint density at radius 2 is 1.82 bits per heavy atom. The van der Waals surface area contributed by atoms with Gasteiger partial charge in [0.1, 0.15) is 11.4 Å². The Morgan fingerprint density at radius 3 is 2.55 bits per heavy atom. The maximum absolute atomic E-state index is 13.1. The molecule has 0 amide bonds. The van der Waals surface area contributed by atoms with Crippen molar-refractivity contribution in [2.24, 2.45) is 0 Å². The number of ether oxygens (including phenoxy) is 1. The quantitative estimate of drug-likeness (QED) is 0.409. The molecule has 0 atom stereocenters. The summed E-state index contributed by atoms with van der Waals surface area (Å²) in [6.07, 6.45) is 7.30. The molecule has 166 valence electrons. The normalized spacial score (nSPS) is 11.6. The molecule has 5 aromatic rings. The van der Waals surface area contributed by atoms with Crippen LogP contribution in [0.25, 0.3) is 22.6 Å². The fourth-order valence-corrected chi connectivity index (χ4v) is 4.63. The van der Waals surface area contributed by atoms with Crippen LogP contribution in [0.2, 0.25) is 0 Å². The molecule has 0 bridgehead atoms. The van der Waals surface area contributed by atoms with Crippen molar-refractivity contribution in [2.45, 2.75) is 11.8 Å². The third-order valence-electron chi connectivity index (χ3n) is 5.27. The zero-order valence-electron chi connectivity index (χ0n) is 18.0. The maximum Gasteiger partial charge on any atom is 0.262 e. The van der Waals surface area contributed by atoms with Crippen molar-refractivity contribution in [3.8, 4) is 22.7 Å². The first-order chi connectivity index (χ1) is 15.9. The molecule has 2 aromatic carbocycles. The molecule has 0 aliphatic carbocycles. The minimum Gasteiger partial charge on any atom is -0.495 e. The van der Waals surface area contributed by atoms with Crippen LogP contribution in [0.3, 0.4) is 0 Å². The number of nitrogens with one attached hydrogen (secondary N) is 1. The number of methoxy groups -OCH3 is 1. The van der Waals surface area contributed by atoms with Gasteiger partial charge in [-0.25, -0.2) is 18.1 Å². The molecule has 0 saturated carbocycles. The van der Waals surface area contributed by atoms with E-state index in [1.807, 2.05) is 41.9 Å². The second kappa shape index (κ2) is 8.10. The van der Waals surface area contributed by atoms with Crippen LogP contribution in [0.15, 0.2) is 90.3 Å². The molecule has 0 saturated heterocycles. The number of hydrogen-bond acceptors (Lipinski definition) is 5. The number of fused-ring (bicyclic) bond motifs is 1. The summed E-state index contributed by atoms with van der Waals surface area (Å²) in [5.41, 5.74) is 4.53. The van der Waals surface area contributed by atoms with Crippen molar-refractivity contribution >= 4 is 21.4 Å². The molecule has 0 unspecified atom stereocenters. The average Bonchev–Trinajstić information content (AvgIpc) is 3.49. The van der Waals surface area contributed by atoms with E-state index in [1.54, 1.807) is 59.5 Å². The van der Waals surface area contributed by atoms with Crippen LogP contribution < -0.4 is 9.46 Å². The number of sulfonamides is 1. The molecule has 0 fully saturated rings. The van der Waals surface area contributed by atoms with Gasteiger partial charge in [-0.05, 0) is 73.2 Å². The largest absolute Gasteiger partial charge is 0.495 e. The van der Waals surface area contributed by atoms with Gasteiger partial charge >= 0.3 is 0 Å². The predicted molar refractivity (Wildman–Crippen MR) is 126 cm³/mol. The summed E-state index contributed by atoms with van der Waals surface area (Å²) in [6.45, 7) is 2.01. The van der Waals surface area contributed by atoms with Crippen molar-refractivity contribution in [3.05, 3.63) is 91.0 Å². The van der Waals surface area contributed by atoms with Crippen molar-refractivity contribution in [3.63, 3.8) is 0 Å². The first-order valence-corrected chi connectivity index (χ1v) is 11.7. The lowest BCUT2D eigenvalue weighted by atomic mass is 10.1. The van der Waals surface area contributed by atoms with Crippen molar-refractivity contribution in [1.82, 2.24) is 19.2 Å². The highest BCUT2D eigenvalue weighted by Crippen LogP contribution is 2.32. The number of anilines is 1. The molecule has 3 aromatic heterocycles. The van der Waals surface area contributed by atoms with Gasteiger partial charge in [-0.3, -0.25) is 4.72 Å². The third kappa shape index (κ3) is 4.06. The summed E-state index contributed by atoms with van der Waals surface area (Å²) in [7, 11) is -2.35. The summed E-state index contributed by atoms with van der Waals surface area (Å²) in [4.78, 5) is 4.80. The molecular formula is C24H21N5O3S. The summed E-state index contributed by atoms with van der Waals surface area (Å²) in [5.74, 6) is 0.412. The number of rotatable bonds is 6. The Kier molecular flexibility index (Phi) is 5.10. The number of nitrogens with zero attached hydrogens (tertiary/aromatic N) is 4. The summed E-state index contributed by atoms with van der Waals surface area (Å²) in [5, 5.41) is 4.16. The lowest BCUT2D eigenvalue weighted by Gasteiger charge is -2.13. The van der Waals surface area contributed by atoms with Crippen LogP contribution >= 0.6 is 0 Å². The van der Waals surface area contributed by atoms with Crippen molar-refractivity contribution in [2.75, 3.05) is 11.8 Å². The molecule has 0 radical (unpaired) electrons. The Hall–Kier alpha value is -4.11. The molecule has 9 heteroatoms. The van der Waals surface area contributed by atoms with Crippen LogP contribution in [0.1, 0.15) is 5.56 Å². The fourth-order valence-electron chi connectivity index (χ4n) is 3.57. The van der Waals surface area contributed by atoms with E-state index < -0.39 is 10.0 Å². The minimum absolute atomic E-state index is 0.133. The van der Waals surface area contributed by atoms with Gasteiger partial charge in [0.15, 0.2) is 0 Å². The zero-order chi connectivity index (χ0) is 23.0. The third-order valence-corrected chi connectivity index (χ3v) is 6.65. The summed E-state index contributed by atoms with van der Waals surface area (Å²) < 4.78 is 37.8. The highest BCUT2D eigenvalue weighted by molar-refractivity contribution is 7.92. The van der Waals surface area contributed by atoms with Crippen molar-refractivity contribution in [1.29, 1.82) is 0 Å². The van der Waals surface area contributed by atoms with Crippen molar-refractivity contribution < 1.29 is 13.2 Å². The van der Waals surface area contributed by atoms with E-state index in [2.05, 4.69) is 14.8 Å². The first-order valence-electron chi connectivity index (χ1n) is 10.2. The van der Waals surface area contributed by atoms with Crippen LogP contribution in [0.4, 0.5) is 5.69 Å². The monoisotopic (exact) mass is 459 g/mol. The van der Waals surface area contributed by atoms with Gasteiger partial charge in [0, 0.05) is 30.4 Å². The number of pyridine rings is 1. The Balaban J connectivity index is 1.47. The standard InChI is InChI=1S/C24H21N5O3S/c1-17-10-13-28-16-22(26-24(28)14-17)18-4-9-23(32-2)21(15-18)27-33(30,31)20-7-5-19(6-8-20)29-12-3-11-25-29/h3-16,27H,1-2H3. The van der Waals surface area contributed by atoms with E-state index >= 15 is 0 Å². The van der Waals surface area contributed by atoms with E-state index in [1.165, 1.54) is 7.11 Å². The van der Waals surface area contributed by atoms with E-state index in [4.69, 9.17) is 4.74 Å². The predicted octanol–water partition coefficient (Wildman–Crippen LogP) is 4.30. The Bertz CT molecular complexity index is 1540. The van der Waals surface area contributed by atoms with Crippen LogP contribution in [-0.2, 0) is 10.0 Å². The summed E-state index contributed by atoms with van der Waals surface area (Å²) >= 11 is 0. The van der Waals surface area contributed by atoms with Gasteiger partial charge in [-0.2, -0.15) is 5.10 Å². The molecule has 0 aliphatic rings. The molecule has 1 N–H and O–H groups in total. The topological polar surface area (TPSA) is 90.5 Å². The van der Waals surface area contributed by atoms with E-state index in [9.17, 15) is 8.42 Å². The SMILES string of the molecule is COc1ccc(-c2cn3ccc(C)cc3n2)cc1NS(=O)(=O)c1ccc(-n2cccn2)cc1. The number of aryl methyl sites for hydroxylation is 1. The molecule has 5 rings (SSSR count). The van der Waals surface area contributed by atoms with Gasteiger partial charge in [-0.15, -0.1) is 0 Å². The molecular weight excluding hydrogens is 438 g/mol. The number of hydrogen-bond donors (Lipinski definition) is 1. The smallest absolute Gasteiger partial charge is 0.262 e. The number of imidazole rings is 1. The fraction of sp³-hybridized carbons (Fsp3) is 0.0833. The van der Waals surface area contributed by atoms with Gasteiger partial charge in [0.05, 0.1) is 29.1 Å². The minimum atomic E-state index is -3.85. The number of benzene rings is 2. The molecule has 0 aliphatic heterocycles. The van der Waals surface area contributed by atoms with E-state index in [-0.39, 0.29) is 4.90 Å². The Labute approximate surface area is 191 Å². The maximum atomic E-state index is 13.1. The second-order valence-corrected chi connectivity index (χ2v) is 9.24. The van der Waals surface area contributed by atoms with Crippen LogP contribution in [0.5, 0.6) is 5.75 Å². The van der Waals surface area contributed by atoms with Crippen LogP contribution in [-0.4, -0.2) is 34.7 Å². The number of aromatic nitrogens is 4. The van der Waals surface area contributed by atoms with Gasteiger partial charge < -0.3 is 9.14 Å². The van der Waals surface area contributed by atoms with E-state index in [0.717, 1.165) is 28.2 Å². The molecule has 33 heavy (non-hydrogen) atoms. The van der Waals surface area contributed by atoms with Gasteiger partial charge in [0.25, 0.3) is 10.0 Å². The van der Waals surface area contributed by atoms with Gasteiger partial charge in [-0.1, -0.05) is 0 Å². The second-order valence-electron chi connectivity index (χ2n) is 7.56. The lowest BCUT2D eigenvalue weighted by Crippen LogP contribution is -2.14. The van der Waals surface area contributed by atoms with Gasteiger partial charge in [0.2, 0.25) is 0 Å². The molecule has 0 spiro atoms.